The van der Waals surface area contributed by atoms with Crippen molar-refractivity contribution in [3.8, 4) is 0 Å². The molecule has 7 nitrogen and oxygen atoms in total. The summed E-state index contributed by atoms with van der Waals surface area (Å²) in [5.74, 6) is 1.15. The van der Waals surface area contributed by atoms with Crippen molar-refractivity contribution in [3.63, 3.8) is 0 Å². The van der Waals surface area contributed by atoms with E-state index in [1.54, 1.807) is 19.2 Å². The second-order valence-corrected chi connectivity index (χ2v) is 9.02. The molecule has 0 spiro atoms. The molecule has 1 unspecified atom stereocenters. The fraction of sp³-hybridized carbons (Fsp3) is 0.500. The van der Waals surface area contributed by atoms with Crippen LogP contribution in [-0.4, -0.2) is 61.1 Å². The monoisotopic (exact) mass is 452 g/mol. The van der Waals surface area contributed by atoms with E-state index in [9.17, 15) is 9.59 Å². The minimum Gasteiger partial charge on any atom is -0.462 e. The zero-order valence-electron chi connectivity index (χ0n) is 20.2. The van der Waals surface area contributed by atoms with Gasteiger partial charge < -0.3 is 15.0 Å². The quantitative estimate of drug-likeness (QED) is 0.588. The Labute approximate surface area is 197 Å². The van der Waals surface area contributed by atoms with Crippen molar-refractivity contribution in [1.82, 2.24) is 15.2 Å². The van der Waals surface area contributed by atoms with Crippen molar-refractivity contribution in [2.24, 2.45) is 5.92 Å². The Balaban J connectivity index is 1.44. The number of hydrogen-bond acceptors (Lipinski definition) is 6. The van der Waals surface area contributed by atoms with Crippen molar-refractivity contribution >= 4 is 17.7 Å². The highest BCUT2D eigenvalue weighted by molar-refractivity contribution is 5.89. The van der Waals surface area contributed by atoms with Crippen LogP contribution in [0, 0.1) is 5.92 Å². The summed E-state index contributed by atoms with van der Waals surface area (Å²) in [7, 11) is 0. The van der Waals surface area contributed by atoms with Gasteiger partial charge in [0.05, 0.1) is 24.8 Å². The molecule has 1 saturated heterocycles. The Kier molecular flexibility index (Phi) is 8.83. The standard InChI is InChI=1S/C26H36N4O3/c1-5-33-26(32)23-10-11-24(27-17-23)30-14-12-29(13-15-30)18-25(31)28-20(4)22-8-6-21(7-9-22)16-19(2)3/h6-11,17,19-20H,5,12-16,18H2,1-4H3,(H,28,31). The lowest BCUT2D eigenvalue weighted by Gasteiger charge is -2.35. The van der Waals surface area contributed by atoms with E-state index in [1.807, 2.05) is 13.0 Å². The first kappa shape index (κ1) is 24.7. The van der Waals surface area contributed by atoms with Gasteiger partial charge in [0.15, 0.2) is 0 Å². The van der Waals surface area contributed by atoms with Gasteiger partial charge in [0.2, 0.25) is 5.91 Å². The lowest BCUT2D eigenvalue weighted by Crippen LogP contribution is -2.49. The minimum absolute atomic E-state index is 0.0194. The van der Waals surface area contributed by atoms with E-state index in [4.69, 9.17) is 4.74 Å². The second kappa shape index (κ2) is 11.8. The third-order valence-electron chi connectivity index (χ3n) is 5.82. The topological polar surface area (TPSA) is 74.8 Å². The summed E-state index contributed by atoms with van der Waals surface area (Å²) in [6.45, 7) is 12.1. The van der Waals surface area contributed by atoms with Crippen molar-refractivity contribution < 1.29 is 14.3 Å². The number of amides is 1. The molecule has 1 atom stereocenters. The first-order valence-electron chi connectivity index (χ1n) is 11.8. The second-order valence-electron chi connectivity index (χ2n) is 9.02. The van der Waals surface area contributed by atoms with Crippen LogP contribution in [0.4, 0.5) is 5.82 Å². The molecule has 2 heterocycles. The molecule has 2 aromatic rings. The number of rotatable bonds is 9. The highest BCUT2D eigenvalue weighted by Gasteiger charge is 2.21. The van der Waals surface area contributed by atoms with Gasteiger partial charge in [-0.3, -0.25) is 9.69 Å². The molecule has 1 aromatic heterocycles. The summed E-state index contributed by atoms with van der Waals surface area (Å²) >= 11 is 0. The Morgan fingerprint density at radius 2 is 1.73 bits per heavy atom. The maximum absolute atomic E-state index is 12.6. The normalized spacial score (nSPS) is 15.4. The number of aromatic nitrogens is 1. The molecule has 178 valence electrons. The van der Waals surface area contributed by atoms with Gasteiger partial charge in [-0.15, -0.1) is 0 Å². The minimum atomic E-state index is -0.354. The average molecular weight is 453 g/mol. The Bertz CT molecular complexity index is 904. The molecule has 1 fully saturated rings. The third kappa shape index (κ3) is 7.29. The van der Waals surface area contributed by atoms with Gasteiger partial charge in [-0.1, -0.05) is 38.1 Å². The summed E-state index contributed by atoms with van der Waals surface area (Å²) in [6.07, 6.45) is 2.63. The maximum Gasteiger partial charge on any atom is 0.339 e. The van der Waals surface area contributed by atoms with E-state index in [2.05, 4.69) is 58.2 Å². The van der Waals surface area contributed by atoms with Gasteiger partial charge in [0.25, 0.3) is 0 Å². The lowest BCUT2D eigenvalue weighted by atomic mass is 10.00. The third-order valence-corrected chi connectivity index (χ3v) is 5.82. The SMILES string of the molecule is CCOC(=O)c1ccc(N2CCN(CC(=O)NC(C)c3ccc(CC(C)C)cc3)CC2)nc1. The van der Waals surface area contributed by atoms with Gasteiger partial charge in [0, 0.05) is 32.4 Å². The molecule has 1 amide bonds. The number of esters is 1. The number of nitrogens with one attached hydrogen (secondary N) is 1. The Hall–Kier alpha value is -2.93. The maximum atomic E-state index is 12.6. The van der Waals surface area contributed by atoms with Crippen LogP contribution < -0.4 is 10.2 Å². The molecular formula is C26H36N4O3. The van der Waals surface area contributed by atoms with Crippen LogP contribution in [0.2, 0.25) is 0 Å². The highest BCUT2D eigenvalue weighted by atomic mass is 16.5. The van der Waals surface area contributed by atoms with Crippen molar-refractivity contribution in [2.75, 3.05) is 44.2 Å². The van der Waals surface area contributed by atoms with E-state index in [0.717, 1.165) is 44.0 Å². The molecule has 0 saturated carbocycles. The number of hydrogen-bond donors (Lipinski definition) is 1. The first-order valence-corrected chi connectivity index (χ1v) is 11.8. The smallest absolute Gasteiger partial charge is 0.339 e. The summed E-state index contributed by atoms with van der Waals surface area (Å²) in [6, 6.07) is 12.1. The van der Waals surface area contributed by atoms with Crippen LogP contribution in [-0.2, 0) is 16.0 Å². The van der Waals surface area contributed by atoms with E-state index in [-0.39, 0.29) is 17.9 Å². The van der Waals surface area contributed by atoms with Gasteiger partial charge in [-0.05, 0) is 49.4 Å². The van der Waals surface area contributed by atoms with Gasteiger partial charge in [-0.25, -0.2) is 9.78 Å². The highest BCUT2D eigenvalue weighted by Crippen LogP contribution is 2.17. The van der Waals surface area contributed by atoms with Gasteiger partial charge in [0.1, 0.15) is 5.82 Å². The number of carbonyl (C=O) groups excluding carboxylic acids is 2. The summed E-state index contributed by atoms with van der Waals surface area (Å²) in [4.78, 5) is 33.1. The number of carbonyl (C=O) groups is 2. The zero-order chi connectivity index (χ0) is 23.8. The summed E-state index contributed by atoms with van der Waals surface area (Å²) in [5.41, 5.74) is 2.91. The van der Waals surface area contributed by atoms with E-state index in [0.29, 0.717) is 24.6 Å². The molecule has 3 rings (SSSR count). The number of benzene rings is 1. The molecule has 1 aliphatic rings. The van der Waals surface area contributed by atoms with Crippen LogP contribution in [0.5, 0.6) is 0 Å². The number of nitrogens with zero attached hydrogens (tertiary/aromatic N) is 3. The summed E-state index contributed by atoms with van der Waals surface area (Å²) < 4.78 is 5.00. The Morgan fingerprint density at radius 3 is 2.30 bits per heavy atom. The number of piperazine rings is 1. The van der Waals surface area contributed by atoms with Gasteiger partial charge >= 0.3 is 5.97 Å². The molecule has 7 heteroatoms. The molecule has 0 aliphatic carbocycles. The Morgan fingerprint density at radius 1 is 1.03 bits per heavy atom. The average Bonchev–Trinajstić information content (AvgIpc) is 2.80. The van der Waals surface area contributed by atoms with Gasteiger partial charge in [-0.2, -0.15) is 0 Å². The fourth-order valence-corrected chi connectivity index (χ4v) is 4.03. The molecule has 1 aliphatic heterocycles. The number of ether oxygens (including phenoxy) is 1. The van der Waals surface area contributed by atoms with Crippen LogP contribution in [0.25, 0.3) is 0 Å². The van der Waals surface area contributed by atoms with E-state index < -0.39 is 0 Å². The predicted octanol–water partition coefficient (Wildman–Crippen LogP) is 3.46. The molecule has 0 radical (unpaired) electrons. The molecule has 0 bridgehead atoms. The first-order chi connectivity index (χ1) is 15.9. The number of anilines is 1. The lowest BCUT2D eigenvalue weighted by molar-refractivity contribution is -0.123. The fourth-order valence-electron chi connectivity index (χ4n) is 4.03. The van der Waals surface area contributed by atoms with Crippen molar-refractivity contribution in [2.45, 2.75) is 40.2 Å². The predicted molar refractivity (Wildman–Crippen MR) is 130 cm³/mol. The van der Waals surface area contributed by atoms with E-state index >= 15 is 0 Å². The summed E-state index contributed by atoms with van der Waals surface area (Å²) in [5, 5.41) is 3.12. The van der Waals surface area contributed by atoms with Crippen LogP contribution in [0.3, 0.4) is 0 Å². The van der Waals surface area contributed by atoms with E-state index in [1.165, 1.54) is 5.56 Å². The van der Waals surface area contributed by atoms with Crippen LogP contribution in [0.15, 0.2) is 42.6 Å². The largest absolute Gasteiger partial charge is 0.462 e. The van der Waals surface area contributed by atoms with Crippen molar-refractivity contribution in [3.05, 3.63) is 59.3 Å². The van der Waals surface area contributed by atoms with Crippen LogP contribution >= 0.6 is 0 Å². The zero-order valence-corrected chi connectivity index (χ0v) is 20.2. The molecule has 1 aromatic carbocycles. The molecule has 1 N–H and O–H groups in total. The van der Waals surface area contributed by atoms with Crippen LogP contribution in [0.1, 0.15) is 55.2 Å². The van der Waals surface area contributed by atoms with Crippen molar-refractivity contribution in [1.29, 1.82) is 0 Å². The number of pyridine rings is 1. The molecular weight excluding hydrogens is 416 g/mol. The molecule has 33 heavy (non-hydrogen) atoms.